The van der Waals surface area contributed by atoms with Crippen molar-refractivity contribution in [2.45, 2.75) is 56.8 Å². The van der Waals surface area contributed by atoms with Gasteiger partial charge in [0.25, 0.3) is 5.91 Å². The zero-order valence-electron chi connectivity index (χ0n) is 17.9. The Labute approximate surface area is 182 Å². The van der Waals surface area contributed by atoms with Crippen molar-refractivity contribution < 1.29 is 14.4 Å². The third kappa shape index (κ3) is 3.66. The third-order valence-electron chi connectivity index (χ3n) is 7.56. The molecule has 3 aliphatic heterocycles. The van der Waals surface area contributed by atoms with Gasteiger partial charge in [-0.15, -0.1) is 0 Å². The van der Waals surface area contributed by atoms with Gasteiger partial charge in [0, 0.05) is 63.3 Å². The van der Waals surface area contributed by atoms with Crippen molar-refractivity contribution in [2.75, 3.05) is 32.7 Å². The number of benzene rings is 1. The van der Waals surface area contributed by atoms with Crippen molar-refractivity contribution in [3.63, 3.8) is 0 Å². The molecule has 5 rings (SSSR count). The number of piperidine rings is 1. The first kappa shape index (κ1) is 20.6. The van der Waals surface area contributed by atoms with Gasteiger partial charge in [-0.25, -0.2) is 0 Å². The summed E-state index contributed by atoms with van der Waals surface area (Å²) in [5.41, 5.74) is 8.91. The van der Waals surface area contributed by atoms with Crippen LogP contribution in [0.15, 0.2) is 18.2 Å². The summed E-state index contributed by atoms with van der Waals surface area (Å²) in [4.78, 5) is 43.5. The first-order chi connectivity index (χ1) is 15.0. The van der Waals surface area contributed by atoms with E-state index in [0.29, 0.717) is 25.1 Å². The van der Waals surface area contributed by atoms with Crippen LogP contribution < -0.4 is 11.1 Å². The van der Waals surface area contributed by atoms with E-state index < -0.39 is 6.04 Å². The number of nitrogens with zero attached hydrogens (tertiary/aromatic N) is 3. The van der Waals surface area contributed by atoms with Crippen LogP contribution in [0.4, 0.5) is 0 Å². The summed E-state index contributed by atoms with van der Waals surface area (Å²) in [5.74, 6) is -0.725. The van der Waals surface area contributed by atoms with E-state index in [-0.39, 0.29) is 29.7 Å². The summed E-state index contributed by atoms with van der Waals surface area (Å²) in [6.45, 7) is 6.05. The van der Waals surface area contributed by atoms with Crippen LogP contribution in [0.3, 0.4) is 0 Å². The van der Waals surface area contributed by atoms with Crippen LogP contribution in [0.2, 0.25) is 0 Å². The minimum atomic E-state index is -0.560. The van der Waals surface area contributed by atoms with E-state index in [0.717, 1.165) is 43.9 Å². The van der Waals surface area contributed by atoms with Crippen LogP contribution in [0.1, 0.15) is 53.6 Å². The Kier molecular flexibility index (Phi) is 5.32. The highest BCUT2D eigenvalue weighted by atomic mass is 16.2. The number of nitrogens with two attached hydrogens (primary N) is 1. The normalized spacial score (nSPS) is 26.2. The van der Waals surface area contributed by atoms with Gasteiger partial charge in [0.05, 0.1) is 0 Å². The molecule has 0 radical (unpaired) electrons. The van der Waals surface area contributed by atoms with Crippen LogP contribution in [0, 0.1) is 0 Å². The second-order valence-electron chi connectivity index (χ2n) is 9.46. The molecular weight excluding hydrogens is 394 g/mol. The highest BCUT2D eigenvalue weighted by Crippen LogP contribution is 2.40. The van der Waals surface area contributed by atoms with E-state index in [1.807, 2.05) is 12.1 Å². The minimum absolute atomic E-state index is 0.102. The summed E-state index contributed by atoms with van der Waals surface area (Å²) >= 11 is 0. The maximum absolute atomic E-state index is 13.1. The zero-order chi connectivity index (χ0) is 21.6. The molecule has 4 aliphatic rings. The Hall–Kier alpha value is -2.29. The van der Waals surface area contributed by atoms with Crippen molar-refractivity contribution >= 4 is 17.7 Å². The molecule has 1 atom stereocenters. The number of carbonyl (C=O) groups excluding carboxylic acids is 3. The molecule has 3 N–H and O–H groups in total. The molecule has 1 aliphatic carbocycles. The number of fused-ring (bicyclic) bond motifs is 1. The Balaban J connectivity index is 1.27. The van der Waals surface area contributed by atoms with E-state index in [1.54, 1.807) is 4.90 Å². The van der Waals surface area contributed by atoms with Crippen LogP contribution in [-0.4, -0.2) is 76.7 Å². The summed E-state index contributed by atoms with van der Waals surface area (Å²) in [5, 5.41) is 2.36. The first-order valence-electron chi connectivity index (χ1n) is 11.4. The molecule has 166 valence electrons. The monoisotopic (exact) mass is 425 g/mol. The van der Waals surface area contributed by atoms with Gasteiger partial charge < -0.3 is 10.6 Å². The second-order valence-corrected chi connectivity index (χ2v) is 9.46. The molecule has 0 bridgehead atoms. The lowest BCUT2D eigenvalue weighted by molar-refractivity contribution is -0.136. The predicted octanol–water partition coefficient (Wildman–Crippen LogP) is 0.447. The van der Waals surface area contributed by atoms with Crippen LogP contribution >= 0.6 is 0 Å². The SMILES string of the molecule is NCCN1CCN(Cc2ccc3c(c2)C(=O)N(C2CCC(=O)NC2=O)C3)CC12CCC2. The number of amides is 3. The molecule has 1 saturated carbocycles. The van der Waals surface area contributed by atoms with Gasteiger partial charge >= 0.3 is 0 Å². The average molecular weight is 426 g/mol. The molecule has 1 spiro atoms. The van der Waals surface area contributed by atoms with Crippen molar-refractivity contribution in [3.05, 3.63) is 34.9 Å². The van der Waals surface area contributed by atoms with E-state index in [9.17, 15) is 14.4 Å². The van der Waals surface area contributed by atoms with Gasteiger partial charge in [0.2, 0.25) is 11.8 Å². The van der Waals surface area contributed by atoms with Crippen molar-refractivity contribution in [3.8, 4) is 0 Å². The maximum atomic E-state index is 13.1. The summed E-state index contributed by atoms with van der Waals surface area (Å²) in [7, 11) is 0. The number of hydrogen-bond acceptors (Lipinski definition) is 6. The molecular formula is C23H31N5O3. The van der Waals surface area contributed by atoms with Gasteiger partial charge in [-0.3, -0.25) is 29.5 Å². The number of piperazine rings is 1. The fourth-order valence-electron chi connectivity index (χ4n) is 5.75. The van der Waals surface area contributed by atoms with E-state index in [1.165, 1.54) is 19.3 Å². The Morgan fingerprint density at radius 3 is 2.71 bits per heavy atom. The quantitative estimate of drug-likeness (QED) is 0.665. The molecule has 3 fully saturated rings. The van der Waals surface area contributed by atoms with Gasteiger partial charge in [0.15, 0.2) is 0 Å². The van der Waals surface area contributed by atoms with Crippen molar-refractivity contribution in [1.29, 1.82) is 0 Å². The topological polar surface area (TPSA) is 99.0 Å². The molecule has 8 nitrogen and oxygen atoms in total. The molecule has 8 heteroatoms. The van der Waals surface area contributed by atoms with E-state index >= 15 is 0 Å². The van der Waals surface area contributed by atoms with Crippen LogP contribution in [-0.2, 0) is 22.7 Å². The fraction of sp³-hybridized carbons (Fsp3) is 0.609. The lowest BCUT2D eigenvalue weighted by Crippen LogP contribution is -2.65. The van der Waals surface area contributed by atoms with Gasteiger partial charge in [0.1, 0.15) is 6.04 Å². The number of hydrogen-bond donors (Lipinski definition) is 2. The lowest BCUT2D eigenvalue weighted by atomic mass is 9.73. The number of imide groups is 1. The van der Waals surface area contributed by atoms with Gasteiger partial charge in [-0.2, -0.15) is 0 Å². The smallest absolute Gasteiger partial charge is 0.255 e. The van der Waals surface area contributed by atoms with Gasteiger partial charge in [-0.05, 0) is 42.9 Å². The largest absolute Gasteiger partial charge is 0.329 e. The molecule has 1 aromatic carbocycles. The molecule has 2 saturated heterocycles. The molecule has 1 aromatic rings. The molecule has 31 heavy (non-hydrogen) atoms. The van der Waals surface area contributed by atoms with Gasteiger partial charge in [-0.1, -0.05) is 12.1 Å². The molecule has 0 aromatic heterocycles. The van der Waals surface area contributed by atoms with E-state index in [4.69, 9.17) is 5.73 Å². The number of carbonyl (C=O) groups is 3. The predicted molar refractivity (Wildman–Crippen MR) is 115 cm³/mol. The molecule has 3 heterocycles. The Morgan fingerprint density at radius 2 is 2.00 bits per heavy atom. The summed E-state index contributed by atoms with van der Waals surface area (Å²) in [6, 6.07) is 5.58. The summed E-state index contributed by atoms with van der Waals surface area (Å²) in [6.07, 6.45) is 4.45. The third-order valence-corrected chi connectivity index (χ3v) is 7.56. The standard InChI is InChI=1S/C23H31N5O3/c24-8-9-27-11-10-26(15-23(27)6-1-7-23)13-16-2-3-17-14-28(22(31)18(17)12-16)19-4-5-20(29)25-21(19)30/h2-3,12,19H,1,4-11,13-15,24H2,(H,25,29,30). The van der Waals surface area contributed by atoms with Crippen molar-refractivity contribution in [2.24, 2.45) is 5.73 Å². The molecule has 3 amide bonds. The fourth-order valence-corrected chi connectivity index (χ4v) is 5.75. The molecule has 1 unspecified atom stereocenters. The zero-order valence-corrected chi connectivity index (χ0v) is 17.9. The average Bonchev–Trinajstić information content (AvgIpc) is 3.04. The van der Waals surface area contributed by atoms with Crippen molar-refractivity contribution in [1.82, 2.24) is 20.0 Å². The minimum Gasteiger partial charge on any atom is -0.329 e. The second kappa shape index (κ2) is 8.00. The maximum Gasteiger partial charge on any atom is 0.255 e. The Morgan fingerprint density at radius 1 is 1.16 bits per heavy atom. The number of rotatable bonds is 5. The highest BCUT2D eigenvalue weighted by Gasteiger charge is 2.45. The van der Waals surface area contributed by atoms with Crippen LogP contribution in [0.5, 0.6) is 0 Å². The summed E-state index contributed by atoms with van der Waals surface area (Å²) < 4.78 is 0. The Bertz CT molecular complexity index is 912. The van der Waals surface area contributed by atoms with Crippen LogP contribution in [0.25, 0.3) is 0 Å². The van der Waals surface area contributed by atoms with E-state index in [2.05, 4.69) is 21.2 Å². The first-order valence-corrected chi connectivity index (χ1v) is 11.4. The highest BCUT2D eigenvalue weighted by molar-refractivity contribution is 6.05. The number of nitrogens with one attached hydrogen (secondary N) is 1. The lowest BCUT2D eigenvalue weighted by Gasteiger charge is -2.56.